The van der Waals surface area contributed by atoms with Crippen molar-refractivity contribution in [2.75, 3.05) is 26.7 Å². The van der Waals surface area contributed by atoms with Crippen molar-refractivity contribution in [3.63, 3.8) is 0 Å². The number of carbonyl (C=O) groups excluding carboxylic acids is 2. The van der Waals surface area contributed by atoms with Gasteiger partial charge in [-0.15, -0.1) is 0 Å². The van der Waals surface area contributed by atoms with Crippen LogP contribution in [0, 0.1) is 13.8 Å². The number of ether oxygens (including phenoxy) is 2. The quantitative estimate of drug-likeness (QED) is 0.330. The maximum atomic E-state index is 13.7. The lowest BCUT2D eigenvalue weighted by Gasteiger charge is -2.35. The number of hydrogen-bond donors (Lipinski definition) is 0. The van der Waals surface area contributed by atoms with Gasteiger partial charge in [0.2, 0.25) is 5.91 Å². The third-order valence-electron chi connectivity index (χ3n) is 8.50. The molecule has 0 aromatic heterocycles. The van der Waals surface area contributed by atoms with E-state index in [0.717, 1.165) is 41.5 Å². The van der Waals surface area contributed by atoms with Gasteiger partial charge in [-0.2, -0.15) is 0 Å². The molecule has 2 aliphatic rings. The Kier molecular flexibility index (Phi) is 9.11. The molecule has 2 saturated heterocycles. The van der Waals surface area contributed by atoms with Gasteiger partial charge in [0, 0.05) is 32.0 Å². The average molecular weight is 605 g/mol. The molecule has 3 aromatic rings. The fourth-order valence-corrected chi connectivity index (χ4v) is 7.86. The summed E-state index contributed by atoms with van der Waals surface area (Å²) >= 11 is 0. The van der Waals surface area contributed by atoms with Crippen molar-refractivity contribution in [1.29, 1.82) is 0 Å². The number of carbonyl (C=O) groups is 2. The minimum absolute atomic E-state index is 0.0115. The zero-order valence-corrected chi connectivity index (χ0v) is 26.2. The minimum atomic E-state index is -3.79. The normalized spacial score (nSPS) is 18.9. The monoisotopic (exact) mass is 604 g/mol. The highest BCUT2D eigenvalue weighted by atomic mass is 32.2. The molecular formula is C34H40N2O6S. The molecule has 5 rings (SSSR count). The molecular weight excluding hydrogens is 564 g/mol. The van der Waals surface area contributed by atoms with Gasteiger partial charge in [-0.1, -0.05) is 36.4 Å². The summed E-state index contributed by atoms with van der Waals surface area (Å²) in [5.74, 6) is 0.617. The summed E-state index contributed by atoms with van der Waals surface area (Å²) in [6, 6.07) is 18.0. The smallest absolute Gasteiger partial charge is 0.254 e. The van der Waals surface area contributed by atoms with Crippen molar-refractivity contribution in [2.45, 2.75) is 69.2 Å². The summed E-state index contributed by atoms with van der Waals surface area (Å²) in [6.07, 6.45) is 3.23. The molecule has 2 fully saturated rings. The maximum absolute atomic E-state index is 13.7. The van der Waals surface area contributed by atoms with E-state index in [4.69, 9.17) is 9.47 Å². The van der Waals surface area contributed by atoms with Crippen LogP contribution in [0.4, 0.5) is 0 Å². The van der Waals surface area contributed by atoms with Gasteiger partial charge in [0.15, 0.2) is 9.84 Å². The Morgan fingerprint density at radius 1 is 0.930 bits per heavy atom. The fraction of sp³-hybridized carbons (Fsp3) is 0.412. The highest BCUT2D eigenvalue weighted by Gasteiger charge is 2.31. The van der Waals surface area contributed by atoms with Crippen molar-refractivity contribution in [1.82, 2.24) is 9.80 Å². The molecule has 2 amide bonds. The largest absolute Gasteiger partial charge is 0.495 e. The zero-order chi connectivity index (χ0) is 30.7. The lowest BCUT2D eigenvalue weighted by Crippen LogP contribution is -2.37. The summed E-state index contributed by atoms with van der Waals surface area (Å²) in [6.45, 7) is 7.19. The predicted octanol–water partition coefficient (Wildman–Crippen LogP) is 5.65. The van der Waals surface area contributed by atoms with E-state index in [9.17, 15) is 18.0 Å². The van der Waals surface area contributed by atoms with E-state index in [0.29, 0.717) is 37.4 Å². The van der Waals surface area contributed by atoms with Gasteiger partial charge < -0.3 is 19.3 Å². The van der Waals surface area contributed by atoms with Crippen molar-refractivity contribution >= 4 is 21.7 Å². The fourth-order valence-electron chi connectivity index (χ4n) is 6.32. The number of hydrogen-bond acceptors (Lipinski definition) is 6. The van der Waals surface area contributed by atoms with Crippen LogP contribution in [-0.2, 0) is 20.4 Å². The molecule has 2 heterocycles. The molecule has 0 radical (unpaired) electrons. The molecule has 9 heteroatoms. The number of likely N-dealkylation sites (tertiary alicyclic amines) is 2. The summed E-state index contributed by atoms with van der Waals surface area (Å²) < 4.78 is 39.2. The van der Waals surface area contributed by atoms with Gasteiger partial charge in [0.25, 0.3) is 5.91 Å². The summed E-state index contributed by atoms with van der Waals surface area (Å²) in [5, 5.41) is 0. The van der Waals surface area contributed by atoms with Crippen LogP contribution in [0.2, 0.25) is 0 Å². The predicted molar refractivity (Wildman–Crippen MR) is 165 cm³/mol. The number of nitrogens with zero attached hydrogens (tertiary/aromatic N) is 2. The molecule has 2 atom stereocenters. The van der Waals surface area contributed by atoms with Gasteiger partial charge in [-0.25, -0.2) is 8.42 Å². The molecule has 0 saturated carbocycles. The Hall–Kier alpha value is -3.85. The van der Waals surface area contributed by atoms with E-state index in [2.05, 4.69) is 0 Å². The molecule has 43 heavy (non-hydrogen) atoms. The first-order chi connectivity index (χ1) is 20.6. The van der Waals surface area contributed by atoms with Crippen LogP contribution in [0.5, 0.6) is 11.5 Å². The van der Waals surface area contributed by atoms with E-state index < -0.39 is 9.84 Å². The minimum Gasteiger partial charge on any atom is -0.495 e. The number of amides is 2. The van der Waals surface area contributed by atoms with Crippen molar-refractivity contribution in [3.8, 4) is 11.5 Å². The molecule has 3 aromatic carbocycles. The van der Waals surface area contributed by atoms with Crippen LogP contribution in [0.3, 0.4) is 0 Å². The Bertz CT molecular complexity index is 1600. The van der Waals surface area contributed by atoms with Gasteiger partial charge in [0.05, 0.1) is 25.4 Å². The third-order valence-corrected chi connectivity index (χ3v) is 10.2. The second-order valence-corrected chi connectivity index (χ2v) is 13.5. The molecule has 0 aliphatic carbocycles. The van der Waals surface area contributed by atoms with Crippen LogP contribution in [-0.4, -0.2) is 62.9 Å². The summed E-state index contributed by atoms with van der Waals surface area (Å²) in [4.78, 5) is 29.3. The topological polar surface area (TPSA) is 93.2 Å². The lowest BCUT2D eigenvalue weighted by molar-refractivity contribution is -0.132. The Morgan fingerprint density at radius 2 is 1.67 bits per heavy atom. The Morgan fingerprint density at radius 3 is 2.40 bits per heavy atom. The lowest BCUT2D eigenvalue weighted by atomic mass is 9.95. The van der Waals surface area contributed by atoms with Gasteiger partial charge >= 0.3 is 0 Å². The van der Waals surface area contributed by atoms with E-state index in [-0.39, 0.29) is 40.4 Å². The molecule has 2 aliphatic heterocycles. The van der Waals surface area contributed by atoms with Crippen LogP contribution in [0.15, 0.2) is 65.6 Å². The first kappa shape index (κ1) is 30.6. The second kappa shape index (κ2) is 12.8. The van der Waals surface area contributed by atoms with Crippen LogP contribution in [0.25, 0.3) is 0 Å². The van der Waals surface area contributed by atoms with E-state index >= 15 is 0 Å². The summed E-state index contributed by atoms with van der Waals surface area (Å²) in [5.41, 5.74) is 4.05. The first-order valence-corrected chi connectivity index (χ1v) is 16.5. The number of methoxy groups -OCH3 is 1. The highest BCUT2D eigenvalue weighted by Crippen LogP contribution is 2.36. The SMILES string of the molecule is COc1ccc(C2CCCCN2C(C)=O)cc1S(=O)(=O)Cc1cccc(O[C@H]2CCN(C(=O)c3c(C)cccc3C)C2)c1. The third kappa shape index (κ3) is 6.72. The van der Waals surface area contributed by atoms with E-state index in [1.807, 2.05) is 54.0 Å². The number of piperidine rings is 1. The standard InChI is InChI=1S/C34H40N2O6S/c1-23-9-7-10-24(2)33(23)34(38)35-18-16-29(21-35)42-28-12-8-11-26(19-28)22-43(39,40)32-20-27(14-15-31(32)41-4)30-13-5-6-17-36(30)25(3)37/h7-12,14-15,19-20,29-30H,5-6,13,16-18,21-22H2,1-4H3/t29-,30?/m0/s1. The molecule has 1 unspecified atom stereocenters. The van der Waals surface area contributed by atoms with Gasteiger partial charge in [0.1, 0.15) is 22.5 Å². The van der Waals surface area contributed by atoms with Crippen LogP contribution < -0.4 is 9.47 Å². The molecule has 8 nitrogen and oxygen atoms in total. The van der Waals surface area contributed by atoms with E-state index in [1.165, 1.54) is 7.11 Å². The average Bonchev–Trinajstić information content (AvgIpc) is 3.45. The highest BCUT2D eigenvalue weighted by molar-refractivity contribution is 7.90. The van der Waals surface area contributed by atoms with Crippen molar-refractivity contribution in [2.24, 2.45) is 0 Å². The number of rotatable bonds is 8. The number of benzene rings is 3. The van der Waals surface area contributed by atoms with Gasteiger partial charge in [-0.3, -0.25) is 9.59 Å². The summed E-state index contributed by atoms with van der Waals surface area (Å²) in [7, 11) is -2.34. The Labute approximate surface area is 254 Å². The van der Waals surface area contributed by atoms with Gasteiger partial charge in [-0.05, 0) is 79.6 Å². The maximum Gasteiger partial charge on any atom is 0.254 e. The number of sulfone groups is 1. The Balaban J connectivity index is 1.30. The molecule has 0 spiro atoms. The van der Waals surface area contributed by atoms with Crippen LogP contribution in [0.1, 0.15) is 71.3 Å². The van der Waals surface area contributed by atoms with Crippen molar-refractivity contribution < 1.29 is 27.5 Å². The second-order valence-electron chi connectivity index (χ2n) is 11.6. The molecule has 228 valence electrons. The van der Waals surface area contributed by atoms with Crippen LogP contribution >= 0.6 is 0 Å². The first-order valence-electron chi connectivity index (χ1n) is 14.9. The van der Waals surface area contributed by atoms with Crippen molar-refractivity contribution in [3.05, 3.63) is 88.5 Å². The molecule has 0 bridgehead atoms. The zero-order valence-electron chi connectivity index (χ0n) is 25.3. The van der Waals surface area contributed by atoms with E-state index in [1.54, 1.807) is 37.3 Å². The molecule has 0 N–H and O–H groups in total. The number of aryl methyl sites for hydroxylation is 2.